The highest BCUT2D eigenvalue weighted by Gasteiger charge is 2.50. The van der Waals surface area contributed by atoms with Crippen LogP contribution in [0.25, 0.3) is 66.9 Å². The molecule has 134 heavy (non-hydrogen) atoms. The third-order valence-electron chi connectivity index (χ3n) is 26.1. The zero-order valence-corrected chi connectivity index (χ0v) is 77.7. The second-order valence-electron chi connectivity index (χ2n) is 37.2. The topological polar surface area (TPSA) is 511 Å². The second-order valence-corrected chi connectivity index (χ2v) is 38.7. The Hall–Kier alpha value is -12.2. The minimum Gasteiger partial charge on any atom is -0.481 e. The van der Waals surface area contributed by atoms with E-state index in [4.69, 9.17) is 59.8 Å². The van der Waals surface area contributed by atoms with E-state index in [-0.39, 0.29) is 170 Å². The summed E-state index contributed by atoms with van der Waals surface area (Å²) in [5.74, 6) is -4.85. The maximum absolute atomic E-state index is 15.1. The van der Waals surface area contributed by atoms with Gasteiger partial charge in [-0.2, -0.15) is 8.42 Å². The summed E-state index contributed by atoms with van der Waals surface area (Å²) in [6, 6.07) is 8.12. The van der Waals surface area contributed by atoms with Crippen LogP contribution in [0.5, 0.6) is 0 Å². The Morgan fingerprint density at radius 2 is 0.843 bits per heavy atom. The summed E-state index contributed by atoms with van der Waals surface area (Å²) in [5.41, 5.74) is 19.0. The van der Waals surface area contributed by atoms with Gasteiger partial charge in [0.15, 0.2) is 16.8 Å². The Morgan fingerprint density at radius 3 is 1.19 bits per heavy atom. The standard InChI is InChI=1S/C33H37FN4O7.C28H29FN4O5.C24H22FN3O4.C10H18O4.CH4O3S/c1-6-33(43)20-12-24-28-18(14-38(24)29(40)19(20)15-44-30(33)41)27-22(10-9-17-16(2)21(34)13-23(37-28)26(17)27)36-25(39)8-7-11-35-31(42)45-32(3,4)5;1-3-28(37)17-9-21-25-15(11-33(21)26(35)16(17)12-38-27(28)36)24-19(31-22(34)5-4-8-30)7-6-14-13(2)18(29)10-20(32-25)23(14)24;1-3-24(31)14-6-18-21-12(8-28(18)22(29)13(14)9-32-23(24)30)19-16(26)5-4-11-10(2)15(25)7-17(27-21)20(11)19;1-10(2,3)14-9(13)7-5-4-6-8(11)12;1-5(2,3)4/h12-13,22,43H,6-11,14-15H2,1-5H3,(H,35,42)(H,36,39);9-10,19,37H,3-8,11-12,30H2,1-2H3,(H,31,34);6-7,16,31H,3-5,8-9,26H2,1-2H3;4-7H2,1-3H3,(H,11,12);1H3,(H,2,3,4)/t22-,33-;19-,28-;16-,24-;;/m000../s1. The van der Waals surface area contributed by atoms with E-state index in [0.29, 0.717) is 157 Å². The Bertz CT molecular complexity index is 6790. The van der Waals surface area contributed by atoms with Gasteiger partial charge >= 0.3 is 35.9 Å². The van der Waals surface area contributed by atoms with Gasteiger partial charge in [-0.05, 0) is 221 Å². The van der Waals surface area contributed by atoms with Crippen LogP contribution in [0, 0.1) is 38.2 Å². The second kappa shape index (κ2) is 37.2. The lowest BCUT2D eigenvalue weighted by Crippen LogP contribution is -2.44. The molecule has 9 aromatic rings. The summed E-state index contributed by atoms with van der Waals surface area (Å²) in [6.07, 6.45) is 6.80. The van der Waals surface area contributed by atoms with Crippen LogP contribution in [-0.4, -0.2) is 140 Å². The number of hydrogen-bond donors (Lipinski definition) is 10. The average molecular weight is 1880 g/mol. The molecule has 12 N–H and O–H groups in total. The number of benzene rings is 3. The number of pyridine rings is 6. The van der Waals surface area contributed by atoms with Gasteiger partial charge in [0.1, 0.15) is 48.5 Å². The van der Waals surface area contributed by atoms with Crippen LogP contribution in [0.15, 0.2) is 50.8 Å². The number of aromatic nitrogens is 6. The highest BCUT2D eigenvalue weighted by molar-refractivity contribution is 7.85. The van der Waals surface area contributed by atoms with Crippen molar-refractivity contribution in [2.24, 2.45) is 11.5 Å². The van der Waals surface area contributed by atoms with Crippen molar-refractivity contribution in [2.45, 2.75) is 278 Å². The lowest BCUT2D eigenvalue weighted by atomic mass is 9.81. The summed E-state index contributed by atoms with van der Waals surface area (Å²) in [4.78, 5) is 152. The number of esters is 4. The first-order chi connectivity index (χ1) is 63.0. The minimum atomic E-state index is -3.67. The molecule has 714 valence electrons. The van der Waals surface area contributed by atoms with E-state index < -0.39 is 79.7 Å². The highest BCUT2D eigenvalue weighted by atomic mass is 32.2. The van der Waals surface area contributed by atoms with Crippen LogP contribution in [0.4, 0.5) is 18.0 Å². The fraction of sp³-hybridized carbons (Fsp3) is 0.479. The van der Waals surface area contributed by atoms with Crippen LogP contribution in [0.1, 0.15) is 270 Å². The molecule has 3 aliphatic carbocycles. The summed E-state index contributed by atoms with van der Waals surface area (Å²) >= 11 is 0. The Morgan fingerprint density at radius 1 is 0.507 bits per heavy atom. The number of nitrogens with two attached hydrogens (primary N) is 2. The summed E-state index contributed by atoms with van der Waals surface area (Å²) in [7, 11) is -3.67. The first-order valence-electron chi connectivity index (χ1n) is 44.8. The molecule has 6 aliphatic heterocycles. The lowest BCUT2D eigenvalue weighted by molar-refractivity contribution is -0.172. The van der Waals surface area contributed by atoms with E-state index in [1.54, 1.807) is 94.2 Å². The van der Waals surface area contributed by atoms with Crippen LogP contribution in [0.3, 0.4) is 0 Å². The normalized spacial score (nSPS) is 19.7. The van der Waals surface area contributed by atoms with Crippen molar-refractivity contribution in [3.8, 4) is 34.2 Å². The zero-order chi connectivity index (χ0) is 97.6. The van der Waals surface area contributed by atoms with Gasteiger partial charge in [-0.15, -0.1) is 0 Å². The molecule has 18 rings (SSSR count). The number of carboxylic acids is 1. The quantitative estimate of drug-likeness (QED) is 0.0175. The number of halogens is 3. The van der Waals surface area contributed by atoms with E-state index in [9.17, 15) is 85.3 Å². The molecule has 0 unspecified atom stereocenters. The lowest BCUT2D eigenvalue weighted by Gasteiger charge is -2.31. The molecule has 0 bridgehead atoms. The van der Waals surface area contributed by atoms with Crippen molar-refractivity contribution < 1.29 is 109 Å². The number of fused-ring (bicyclic) bond motifs is 15. The van der Waals surface area contributed by atoms with Crippen molar-refractivity contribution in [1.82, 2.24) is 44.6 Å². The molecule has 0 radical (unpaired) electrons. The number of nitrogens with one attached hydrogen (secondary N) is 3. The maximum atomic E-state index is 15.1. The van der Waals surface area contributed by atoms with Gasteiger partial charge in [-0.1, -0.05) is 20.8 Å². The van der Waals surface area contributed by atoms with E-state index in [1.807, 2.05) is 20.8 Å². The summed E-state index contributed by atoms with van der Waals surface area (Å²) < 4.78 is 101. The van der Waals surface area contributed by atoms with Gasteiger partial charge in [0, 0.05) is 106 Å². The number of unbranched alkanes of at least 4 members (excludes halogenated alkanes) is 1. The molecule has 0 fully saturated rings. The molecule has 3 aromatic carbocycles. The van der Waals surface area contributed by atoms with Gasteiger partial charge in [-0.3, -0.25) is 38.1 Å². The maximum Gasteiger partial charge on any atom is 0.407 e. The molecule has 0 spiro atoms. The molecule has 3 amide bonds. The molecule has 9 aliphatic rings. The largest absolute Gasteiger partial charge is 0.481 e. The van der Waals surface area contributed by atoms with Gasteiger partial charge in [-0.25, -0.2) is 47.3 Å². The number of ether oxygens (including phenoxy) is 5. The number of amides is 3. The Balaban J connectivity index is 0.000000148. The van der Waals surface area contributed by atoms with Crippen LogP contribution >= 0.6 is 0 Å². The third kappa shape index (κ3) is 18.4. The molecule has 6 aromatic heterocycles. The predicted octanol–water partition coefficient (Wildman–Crippen LogP) is 10.3. The third-order valence-corrected chi connectivity index (χ3v) is 26.1. The summed E-state index contributed by atoms with van der Waals surface area (Å²) in [5, 5.41) is 53.1. The smallest absolute Gasteiger partial charge is 0.407 e. The fourth-order valence-electron chi connectivity index (χ4n) is 19.5. The molecule has 34 nitrogen and oxygen atoms in total. The van der Waals surface area contributed by atoms with Crippen molar-refractivity contribution in [1.29, 1.82) is 0 Å². The van der Waals surface area contributed by atoms with Gasteiger partial charge < -0.3 is 85.2 Å². The number of carbonyl (C=O) groups is 8. The molecule has 12 heterocycles. The molecule has 6 atom stereocenters. The number of nitrogens with zero attached hydrogens (tertiary/aromatic N) is 6. The molecular formula is C96H110F3N11O23S. The van der Waals surface area contributed by atoms with Crippen molar-refractivity contribution >= 4 is 90.6 Å². The molecule has 0 saturated carbocycles. The average Bonchev–Trinajstić information content (AvgIpc) is 1.67. The number of aliphatic carboxylic acids is 1. The van der Waals surface area contributed by atoms with E-state index in [1.165, 1.54) is 18.2 Å². The number of rotatable bonds is 17. The van der Waals surface area contributed by atoms with Crippen molar-refractivity contribution in [3.63, 3.8) is 0 Å². The van der Waals surface area contributed by atoms with Gasteiger partial charge in [0.05, 0.1) is 105 Å². The van der Waals surface area contributed by atoms with Crippen molar-refractivity contribution in [2.75, 3.05) is 19.3 Å². The van der Waals surface area contributed by atoms with E-state index >= 15 is 4.39 Å². The Kier molecular flexibility index (Phi) is 27.2. The molecule has 0 saturated heterocycles. The SMILES string of the molecule is CC(C)(C)OC(=O)CCCCC(=O)O.CC[C@@]1(O)C(=O)OCc2c1cc1n(c2=O)Cc2c-1nc1cc(F)c(C)c3c1c2[C@@H](N)CC3.CC[C@@]1(O)C(=O)OCc2c1cc1n(c2=O)Cc2c-1nc1cc(F)c(C)c3c1c2[C@@H](NC(=O)CCCN)CC3.CC[C@@]1(O)C(=O)OCc2c1cc1n(c2=O)Cc2c-1nc1cc(F)c(C)c3c1c2[C@@H](NC(=O)CCCNC(=O)OC(C)(C)C)CC3.CS(=O)(=O)O. The van der Waals surface area contributed by atoms with E-state index in [2.05, 4.69) is 16.0 Å². The number of alkyl carbamates (subject to hydrolysis) is 1. The van der Waals surface area contributed by atoms with Crippen LogP contribution in [0.2, 0.25) is 0 Å². The number of carboxylic acid groups (broad SMARTS) is 1. The zero-order valence-electron chi connectivity index (χ0n) is 76.8. The number of hydrogen-bond acceptors (Lipinski definition) is 26. The number of aryl methyl sites for hydroxylation is 3. The predicted molar refractivity (Wildman–Crippen MR) is 482 cm³/mol. The van der Waals surface area contributed by atoms with Gasteiger partial charge in [0.25, 0.3) is 26.8 Å². The first kappa shape index (κ1) is 97.8. The highest BCUT2D eigenvalue weighted by Crippen LogP contribution is 2.51. The first-order valence-corrected chi connectivity index (χ1v) is 46.7. The number of carbonyl (C=O) groups excluding carboxylic acids is 7. The molecule has 38 heteroatoms. The van der Waals surface area contributed by atoms with Crippen LogP contribution < -0.4 is 44.1 Å². The minimum absolute atomic E-state index is 0.0141. The fourth-order valence-corrected chi connectivity index (χ4v) is 19.5. The van der Waals surface area contributed by atoms with E-state index in [0.717, 1.165) is 66.2 Å². The number of cyclic esters (lactones) is 3. The number of aliphatic hydroxyl groups is 3. The molecular weight excluding hydrogens is 1760 g/mol. The van der Waals surface area contributed by atoms with Crippen LogP contribution in [-0.2, 0) is 143 Å². The Labute approximate surface area is 767 Å². The monoisotopic (exact) mass is 1870 g/mol. The summed E-state index contributed by atoms with van der Waals surface area (Å²) in [6.45, 7) is 21.6. The van der Waals surface area contributed by atoms with Gasteiger partial charge in [0.2, 0.25) is 11.8 Å². The van der Waals surface area contributed by atoms with Crippen molar-refractivity contribution in [3.05, 3.63) is 185 Å².